The lowest BCUT2D eigenvalue weighted by Crippen LogP contribution is -2.28. The van der Waals surface area contributed by atoms with Crippen molar-refractivity contribution < 1.29 is 19.8 Å². The summed E-state index contributed by atoms with van der Waals surface area (Å²) >= 11 is 5.87. The molecule has 2 heterocycles. The molecule has 1 aromatic heterocycles. The molecule has 0 atom stereocenters. The van der Waals surface area contributed by atoms with Crippen molar-refractivity contribution in [3.63, 3.8) is 0 Å². The van der Waals surface area contributed by atoms with Crippen molar-refractivity contribution in [2.75, 3.05) is 5.01 Å². The highest BCUT2D eigenvalue weighted by Crippen LogP contribution is 2.29. The van der Waals surface area contributed by atoms with Gasteiger partial charge in [-0.05, 0) is 49.8 Å². The Morgan fingerprint density at radius 3 is 2.47 bits per heavy atom. The number of pyridine rings is 1. The van der Waals surface area contributed by atoms with Gasteiger partial charge in [0.2, 0.25) is 5.88 Å². The maximum absolute atomic E-state index is 12.9. The molecule has 0 saturated heterocycles. The molecule has 0 saturated carbocycles. The zero-order chi connectivity index (χ0) is 22.2. The van der Waals surface area contributed by atoms with Gasteiger partial charge in [-0.25, -0.2) is 0 Å². The number of carbonyl (C=O) groups excluding carboxylic acids is 1. The number of aromatic hydroxyl groups is 1. The third-order valence-corrected chi connectivity index (χ3v) is 4.81. The number of amides is 1. The minimum absolute atomic E-state index is 0.0109. The number of carbonyl (C=O) groups is 2. The molecular weight excluding hydrogens is 412 g/mol. The van der Waals surface area contributed by atoms with Gasteiger partial charge in [-0.1, -0.05) is 11.6 Å². The molecule has 2 aromatic rings. The Labute approximate surface area is 175 Å². The smallest absolute Gasteiger partial charge is 0.323 e. The van der Waals surface area contributed by atoms with Crippen LogP contribution < -0.4 is 10.6 Å². The van der Waals surface area contributed by atoms with Crippen molar-refractivity contribution >= 4 is 41.0 Å². The van der Waals surface area contributed by atoms with E-state index in [1.54, 1.807) is 37.3 Å². The number of aromatic nitrogens is 1. The van der Waals surface area contributed by atoms with Crippen LogP contribution in [0.15, 0.2) is 39.7 Å². The van der Waals surface area contributed by atoms with E-state index in [0.29, 0.717) is 21.0 Å². The van der Waals surface area contributed by atoms with Crippen LogP contribution in [-0.4, -0.2) is 32.4 Å². The fourth-order valence-electron chi connectivity index (χ4n) is 3.01. The Hall–Kier alpha value is -3.90. The lowest BCUT2D eigenvalue weighted by atomic mass is 10.0. The molecule has 0 radical (unpaired) electrons. The third-order valence-electron chi connectivity index (χ3n) is 4.56. The van der Waals surface area contributed by atoms with E-state index in [-0.39, 0.29) is 22.3 Å². The summed E-state index contributed by atoms with van der Waals surface area (Å²) in [5.41, 5.74) is -0.209. The predicted molar refractivity (Wildman–Crippen MR) is 109 cm³/mol. The summed E-state index contributed by atoms with van der Waals surface area (Å²) in [4.78, 5) is 36.3. The molecule has 0 aliphatic carbocycles. The van der Waals surface area contributed by atoms with Gasteiger partial charge in [0.25, 0.3) is 11.5 Å². The van der Waals surface area contributed by atoms with Crippen LogP contribution in [0, 0.1) is 18.3 Å². The van der Waals surface area contributed by atoms with E-state index in [9.17, 15) is 24.8 Å². The summed E-state index contributed by atoms with van der Waals surface area (Å²) < 4.78 is 0.573. The molecule has 3 rings (SSSR count). The first-order valence-electron chi connectivity index (χ1n) is 8.61. The Kier molecular flexibility index (Phi) is 5.45. The average molecular weight is 427 g/mol. The Bertz CT molecular complexity index is 1240. The number of carboxylic acids is 1. The van der Waals surface area contributed by atoms with Gasteiger partial charge in [0.15, 0.2) is 0 Å². The van der Waals surface area contributed by atoms with Gasteiger partial charge < -0.3 is 10.2 Å². The highest BCUT2D eigenvalue weighted by atomic mass is 35.5. The van der Waals surface area contributed by atoms with Crippen molar-refractivity contribution in [3.8, 4) is 11.9 Å². The van der Waals surface area contributed by atoms with Crippen LogP contribution in [0.3, 0.4) is 0 Å². The van der Waals surface area contributed by atoms with Gasteiger partial charge in [-0.15, -0.1) is 0 Å². The van der Waals surface area contributed by atoms with Crippen LogP contribution in [0.5, 0.6) is 5.88 Å². The molecule has 9 nitrogen and oxygen atoms in total. The molecule has 0 unspecified atom stereocenters. The average Bonchev–Trinajstić information content (AvgIpc) is 2.97. The quantitative estimate of drug-likeness (QED) is 0.720. The van der Waals surface area contributed by atoms with Crippen molar-refractivity contribution in [1.82, 2.24) is 4.57 Å². The second-order valence-corrected chi connectivity index (χ2v) is 6.91. The molecule has 1 amide bonds. The second kappa shape index (κ2) is 7.85. The number of halogens is 1. The van der Waals surface area contributed by atoms with Crippen molar-refractivity contribution in [2.24, 2.45) is 5.10 Å². The SMILES string of the molecule is CC1=NN(c2ccc(Cl)cc2)C(=O)C1=Cc1c(C)c(C#N)c(=O)n(CC(=O)O)c1O. The summed E-state index contributed by atoms with van der Waals surface area (Å²) in [6.07, 6.45) is 1.29. The molecule has 152 valence electrons. The maximum atomic E-state index is 12.9. The van der Waals surface area contributed by atoms with Gasteiger partial charge in [0.05, 0.1) is 17.0 Å². The summed E-state index contributed by atoms with van der Waals surface area (Å²) in [5.74, 6) is -2.53. The van der Waals surface area contributed by atoms with Gasteiger partial charge in [0, 0.05) is 10.6 Å². The highest BCUT2D eigenvalue weighted by Gasteiger charge is 2.30. The normalized spacial score (nSPS) is 14.7. The van der Waals surface area contributed by atoms with Crippen LogP contribution in [0.4, 0.5) is 5.69 Å². The van der Waals surface area contributed by atoms with Crippen molar-refractivity contribution in [1.29, 1.82) is 5.26 Å². The highest BCUT2D eigenvalue weighted by molar-refractivity contribution is 6.32. The number of nitrogens with zero attached hydrogens (tertiary/aromatic N) is 4. The lowest BCUT2D eigenvalue weighted by Gasteiger charge is -2.14. The third kappa shape index (κ3) is 3.56. The molecule has 2 N–H and O–H groups in total. The second-order valence-electron chi connectivity index (χ2n) is 6.47. The predicted octanol–water partition coefficient (Wildman–Crippen LogP) is 2.28. The molecule has 0 bridgehead atoms. The van der Waals surface area contributed by atoms with Gasteiger partial charge >= 0.3 is 5.97 Å². The van der Waals surface area contributed by atoms with Crippen LogP contribution >= 0.6 is 11.6 Å². The standard InChI is InChI=1S/C20H15ClN4O5/c1-10-14(18(28)24(9-17(26)27)19(29)16(10)8-22)7-15-11(2)23-25(20(15)30)13-5-3-12(21)4-6-13/h3-7,28H,9H2,1-2H3,(H,26,27). The number of benzene rings is 1. The molecule has 1 aliphatic rings. The molecule has 30 heavy (non-hydrogen) atoms. The van der Waals surface area contributed by atoms with E-state index in [0.717, 1.165) is 5.01 Å². The minimum atomic E-state index is -1.37. The number of hydrogen-bond acceptors (Lipinski definition) is 6. The summed E-state index contributed by atoms with van der Waals surface area (Å²) in [6, 6.07) is 8.17. The van der Waals surface area contributed by atoms with Crippen LogP contribution in [0.1, 0.15) is 23.6 Å². The van der Waals surface area contributed by atoms with E-state index in [1.807, 2.05) is 0 Å². The number of aliphatic carboxylic acids is 1. The maximum Gasteiger partial charge on any atom is 0.323 e. The van der Waals surface area contributed by atoms with Crippen LogP contribution in [0.2, 0.25) is 5.02 Å². The lowest BCUT2D eigenvalue weighted by molar-refractivity contribution is -0.137. The molecular formula is C20H15ClN4O5. The van der Waals surface area contributed by atoms with E-state index in [1.165, 1.54) is 13.0 Å². The van der Waals surface area contributed by atoms with E-state index in [4.69, 9.17) is 16.7 Å². The van der Waals surface area contributed by atoms with E-state index >= 15 is 0 Å². The Balaban J connectivity index is 2.15. The number of anilines is 1. The first kappa shape index (κ1) is 20.8. The molecule has 0 spiro atoms. The topological polar surface area (TPSA) is 136 Å². The number of hydrazone groups is 1. The molecule has 1 aliphatic heterocycles. The largest absolute Gasteiger partial charge is 0.494 e. The van der Waals surface area contributed by atoms with Gasteiger partial charge in [0.1, 0.15) is 18.2 Å². The van der Waals surface area contributed by atoms with Crippen LogP contribution in [-0.2, 0) is 16.1 Å². The Morgan fingerprint density at radius 1 is 1.27 bits per heavy atom. The molecule has 1 aromatic carbocycles. The minimum Gasteiger partial charge on any atom is -0.494 e. The van der Waals surface area contributed by atoms with E-state index in [2.05, 4.69) is 5.10 Å². The zero-order valence-electron chi connectivity index (χ0n) is 15.9. The molecule has 0 fully saturated rings. The first-order chi connectivity index (χ1) is 14.1. The first-order valence-corrected chi connectivity index (χ1v) is 8.99. The van der Waals surface area contributed by atoms with Crippen molar-refractivity contribution in [2.45, 2.75) is 20.4 Å². The fraction of sp³-hybridized carbons (Fsp3) is 0.150. The summed E-state index contributed by atoms with van der Waals surface area (Å²) in [6.45, 7) is 2.18. The number of carboxylic acid groups (broad SMARTS) is 1. The summed E-state index contributed by atoms with van der Waals surface area (Å²) in [7, 11) is 0. The van der Waals surface area contributed by atoms with Crippen LogP contribution in [0.25, 0.3) is 6.08 Å². The molecule has 10 heteroatoms. The monoisotopic (exact) mass is 426 g/mol. The number of nitriles is 1. The van der Waals surface area contributed by atoms with E-state index < -0.39 is 29.9 Å². The van der Waals surface area contributed by atoms with Crippen molar-refractivity contribution in [3.05, 3.63) is 61.9 Å². The van der Waals surface area contributed by atoms with Gasteiger partial charge in [-0.2, -0.15) is 15.4 Å². The Morgan fingerprint density at radius 2 is 1.90 bits per heavy atom. The zero-order valence-corrected chi connectivity index (χ0v) is 16.6. The number of hydrogen-bond donors (Lipinski definition) is 2. The van der Waals surface area contributed by atoms with Gasteiger partial charge in [-0.3, -0.25) is 19.0 Å². The summed E-state index contributed by atoms with van der Waals surface area (Å²) in [5, 5.41) is 34.8. The fourth-order valence-corrected chi connectivity index (χ4v) is 3.14. The number of rotatable bonds is 4.